The van der Waals surface area contributed by atoms with Crippen LogP contribution in [0.2, 0.25) is 0 Å². The monoisotopic (exact) mass is 285 g/mol. The Kier molecular flexibility index (Phi) is 3.79. The number of hydrogen-bond acceptors (Lipinski definition) is 3. The lowest BCUT2D eigenvalue weighted by Crippen LogP contribution is -2.26. The molecule has 1 heterocycles. The first kappa shape index (κ1) is 13.2. The summed E-state index contributed by atoms with van der Waals surface area (Å²) in [5.41, 5.74) is 0. The standard InChI is InChI=1S/C12H12FNO2S2/c1-9(12-6-3-7-17-12)14-18(15,16)11-5-2-4-10(13)8-11/h2-9,14H,1H3/t9-/m1/s1. The lowest BCUT2D eigenvalue weighted by molar-refractivity contribution is 0.565. The third-order valence-electron chi connectivity index (χ3n) is 2.41. The van der Waals surface area contributed by atoms with Gasteiger partial charge in [0.25, 0.3) is 0 Å². The van der Waals surface area contributed by atoms with Crippen molar-refractivity contribution in [2.24, 2.45) is 0 Å². The molecular weight excluding hydrogens is 273 g/mol. The fraction of sp³-hybridized carbons (Fsp3) is 0.167. The number of nitrogens with one attached hydrogen (secondary N) is 1. The SMILES string of the molecule is C[C@@H](NS(=O)(=O)c1cccc(F)c1)c1cccs1. The van der Waals surface area contributed by atoms with Crippen molar-refractivity contribution in [3.8, 4) is 0 Å². The Morgan fingerprint density at radius 2 is 2.06 bits per heavy atom. The van der Waals surface area contributed by atoms with Crippen molar-refractivity contribution in [2.75, 3.05) is 0 Å². The van der Waals surface area contributed by atoms with Crippen LogP contribution in [-0.2, 0) is 10.0 Å². The van der Waals surface area contributed by atoms with E-state index in [0.717, 1.165) is 10.9 Å². The Morgan fingerprint density at radius 1 is 1.28 bits per heavy atom. The Balaban J connectivity index is 2.22. The van der Waals surface area contributed by atoms with Crippen molar-refractivity contribution < 1.29 is 12.8 Å². The number of halogens is 1. The van der Waals surface area contributed by atoms with Crippen molar-refractivity contribution in [1.29, 1.82) is 0 Å². The molecule has 2 aromatic rings. The highest BCUT2D eigenvalue weighted by Crippen LogP contribution is 2.21. The zero-order chi connectivity index (χ0) is 13.2. The van der Waals surface area contributed by atoms with Crippen molar-refractivity contribution in [2.45, 2.75) is 17.9 Å². The minimum Gasteiger partial charge on any atom is -0.207 e. The van der Waals surface area contributed by atoms with Crippen LogP contribution >= 0.6 is 11.3 Å². The van der Waals surface area contributed by atoms with Crippen molar-refractivity contribution in [3.63, 3.8) is 0 Å². The third-order valence-corrected chi connectivity index (χ3v) is 5.00. The molecule has 6 heteroatoms. The maximum atomic E-state index is 13.0. The fourth-order valence-electron chi connectivity index (χ4n) is 1.53. The Morgan fingerprint density at radius 3 is 2.67 bits per heavy atom. The van der Waals surface area contributed by atoms with Gasteiger partial charge in [-0.15, -0.1) is 11.3 Å². The second kappa shape index (κ2) is 5.17. The summed E-state index contributed by atoms with van der Waals surface area (Å²) in [4.78, 5) is 0.848. The topological polar surface area (TPSA) is 46.2 Å². The smallest absolute Gasteiger partial charge is 0.207 e. The van der Waals surface area contributed by atoms with Gasteiger partial charge in [0.2, 0.25) is 10.0 Å². The van der Waals surface area contributed by atoms with Gasteiger partial charge in [0, 0.05) is 4.88 Å². The number of benzene rings is 1. The summed E-state index contributed by atoms with van der Waals surface area (Å²) in [6, 6.07) is 8.33. The van der Waals surface area contributed by atoms with E-state index in [1.54, 1.807) is 6.92 Å². The van der Waals surface area contributed by atoms with Gasteiger partial charge in [0.1, 0.15) is 5.82 Å². The van der Waals surface area contributed by atoms with Crippen LogP contribution < -0.4 is 4.72 Å². The number of thiophene rings is 1. The molecule has 1 atom stereocenters. The zero-order valence-electron chi connectivity index (χ0n) is 9.63. The Labute approximate surface area is 109 Å². The summed E-state index contributed by atoms with van der Waals surface area (Å²) in [6.45, 7) is 1.75. The second-order valence-electron chi connectivity index (χ2n) is 3.82. The van der Waals surface area contributed by atoms with Crippen LogP contribution in [-0.4, -0.2) is 8.42 Å². The summed E-state index contributed by atoms with van der Waals surface area (Å²) in [7, 11) is -3.69. The van der Waals surface area contributed by atoms with E-state index < -0.39 is 15.8 Å². The van der Waals surface area contributed by atoms with Gasteiger partial charge in [-0.05, 0) is 36.6 Å². The molecule has 0 aliphatic heterocycles. The van der Waals surface area contributed by atoms with Crippen LogP contribution in [0.4, 0.5) is 4.39 Å². The average Bonchev–Trinajstić information content (AvgIpc) is 2.82. The number of rotatable bonds is 4. The van der Waals surface area contributed by atoms with Gasteiger partial charge in [-0.3, -0.25) is 0 Å². The molecular formula is C12H12FNO2S2. The molecule has 1 aromatic carbocycles. The van der Waals surface area contributed by atoms with Crippen molar-refractivity contribution in [1.82, 2.24) is 4.72 Å². The van der Waals surface area contributed by atoms with Crippen LogP contribution in [0.3, 0.4) is 0 Å². The van der Waals surface area contributed by atoms with Gasteiger partial charge in [0.15, 0.2) is 0 Å². The average molecular weight is 285 g/mol. The second-order valence-corrected chi connectivity index (χ2v) is 6.51. The molecule has 0 radical (unpaired) electrons. The Hall–Kier alpha value is -1.24. The molecule has 0 saturated heterocycles. The molecule has 2 rings (SSSR count). The summed E-state index contributed by atoms with van der Waals surface area (Å²) in [6.07, 6.45) is 0. The molecule has 0 aliphatic carbocycles. The summed E-state index contributed by atoms with van der Waals surface area (Å²) in [5.74, 6) is -0.568. The molecule has 1 aromatic heterocycles. The fourth-order valence-corrected chi connectivity index (χ4v) is 3.59. The highest BCUT2D eigenvalue weighted by molar-refractivity contribution is 7.89. The maximum absolute atomic E-state index is 13.0. The van der Waals surface area contributed by atoms with E-state index in [1.807, 2.05) is 17.5 Å². The summed E-state index contributed by atoms with van der Waals surface area (Å²) < 4.78 is 39.6. The Bertz CT molecular complexity index is 623. The van der Waals surface area contributed by atoms with Gasteiger partial charge < -0.3 is 0 Å². The molecule has 3 nitrogen and oxygen atoms in total. The molecule has 0 aliphatic rings. The van der Waals surface area contributed by atoms with Gasteiger partial charge in [-0.25, -0.2) is 17.5 Å². The van der Waals surface area contributed by atoms with E-state index in [2.05, 4.69) is 4.72 Å². The first-order valence-electron chi connectivity index (χ1n) is 5.30. The molecule has 0 saturated carbocycles. The summed E-state index contributed by atoms with van der Waals surface area (Å²) >= 11 is 1.47. The van der Waals surface area contributed by atoms with E-state index in [9.17, 15) is 12.8 Å². The molecule has 0 amide bonds. The normalized spacial score (nSPS) is 13.4. The van der Waals surface area contributed by atoms with E-state index in [0.29, 0.717) is 0 Å². The van der Waals surface area contributed by atoms with Crippen LogP contribution in [0.5, 0.6) is 0 Å². The number of sulfonamides is 1. The predicted octanol–water partition coefficient (Wildman–Crippen LogP) is 2.93. The number of hydrogen-bond donors (Lipinski definition) is 1. The minimum absolute atomic E-state index is 0.0640. The maximum Gasteiger partial charge on any atom is 0.241 e. The van der Waals surface area contributed by atoms with Gasteiger partial charge in [-0.1, -0.05) is 12.1 Å². The largest absolute Gasteiger partial charge is 0.241 e. The minimum atomic E-state index is -3.69. The molecule has 0 unspecified atom stereocenters. The van der Waals surface area contributed by atoms with Crippen molar-refractivity contribution >= 4 is 21.4 Å². The van der Waals surface area contributed by atoms with Gasteiger partial charge in [0.05, 0.1) is 10.9 Å². The van der Waals surface area contributed by atoms with Gasteiger partial charge in [-0.2, -0.15) is 0 Å². The third kappa shape index (κ3) is 2.95. The first-order valence-corrected chi connectivity index (χ1v) is 7.66. The van der Waals surface area contributed by atoms with Crippen LogP contribution in [0.15, 0.2) is 46.7 Å². The van der Waals surface area contributed by atoms with E-state index in [1.165, 1.54) is 29.5 Å². The lowest BCUT2D eigenvalue weighted by atomic mass is 10.3. The van der Waals surface area contributed by atoms with E-state index in [-0.39, 0.29) is 10.9 Å². The van der Waals surface area contributed by atoms with Crippen LogP contribution in [0, 0.1) is 5.82 Å². The molecule has 0 bridgehead atoms. The molecule has 18 heavy (non-hydrogen) atoms. The quantitative estimate of drug-likeness (QED) is 0.939. The van der Waals surface area contributed by atoms with E-state index >= 15 is 0 Å². The lowest BCUT2D eigenvalue weighted by Gasteiger charge is -2.12. The van der Waals surface area contributed by atoms with Crippen LogP contribution in [0.25, 0.3) is 0 Å². The molecule has 0 spiro atoms. The van der Waals surface area contributed by atoms with E-state index in [4.69, 9.17) is 0 Å². The molecule has 0 fully saturated rings. The summed E-state index contributed by atoms with van der Waals surface area (Å²) in [5, 5.41) is 1.88. The van der Waals surface area contributed by atoms with Gasteiger partial charge >= 0.3 is 0 Å². The highest BCUT2D eigenvalue weighted by atomic mass is 32.2. The van der Waals surface area contributed by atoms with Crippen LogP contribution in [0.1, 0.15) is 17.8 Å². The molecule has 96 valence electrons. The zero-order valence-corrected chi connectivity index (χ0v) is 11.3. The molecule has 1 N–H and O–H groups in total. The predicted molar refractivity (Wildman–Crippen MR) is 69.5 cm³/mol. The first-order chi connectivity index (χ1) is 8.49. The van der Waals surface area contributed by atoms with Crippen molar-refractivity contribution in [3.05, 3.63) is 52.5 Å². The highest BCUT2D eigenvalue weighted by Gasteiger charge is 2.19.